The maximum absolute atomic E-state index is 11.7. The summed E-state index contributed by atoms with van der Waals surface area (Å²) in [6, 6.07) is 8.05. The molecule has 7 nitrogen and oxygen atoms in total. The van der Waals surface area contributed by atoms with E-state index in [1.54, 1.807) is 0 Å². The molecule has 1 aliphatic rings. The fraction of sp³-hybridized carbons (Fsp3) is 0.619. The first-order chi connectivity index (χ1) is 13.5. The lowest BCUT2D eigenvalue weighted by Gasteiger charge is -2.33. The number of nitrogens with one attached hydrogen (secondary N) is 1. The number of likely N-dealkylation sites (tertiary alicyclic amines) is 1. The Morgan fingerprint density at radius 3 is 2.59 bits per heavy atom. The molecule has 0 spiro atoms. The number of methoxy groups -OCH3 is 1. The number of benzene rings is 1. The average Bonchev–Trinajstić information content (AvgIpc) is 2.71. The number of aliphatic imine (C=N–C) groups is 1. The smallest absolute Gasteiger partial charge is 0.308 e. The van der Waals surface area contributed by atoms with Gasteiger partial charge in [0.2, 0.25) is 0 Å². The van der Waals surface area contributed by atoms with Crippen LogP contribution in [0.5, 0.6) is 5.75 Å². The van der Waals surface area contributed by atoms with Gasteiger partial charge in [-0.1, -0.05) is 18.2 Å². The van der Waals surface area contributed by atoms with E-state index in [0.29, 0.717) is 13.2 Å². The van der Waals surface area contributed by atoms with Crippen molar-refractivity contribution in [2.24, 2.45) is 10.9 Å². The zero-order valence-corrected chi connectivity index (χ0v) is 20.3. The van der Waals surface area contributed by atoms with Crippen molar-refractivity contribution in [3.05, 3.63) is 29.8 Å². The van der Waals surface area contributed by atoms with Gasteiger partial charge >= 0.3 is 5.97 Å². The summed E-state index contributed by atoms with van der Waals surface area (Å²) in [6.07, 6.45) is 1.59. The lowest BCUT2D eigenvalue weighted by molar-refractivity contribution is -0.146. The topological polar surface area (TPSA) is 66.4 Å². The molecule has 1 N–H and O–H groups in total. The summed E-state index contributed by atoms with van der Waals surface area (Å²) in [5.74, 6) is 1.66. The second-order valence-corrected chi connectivity index (χ2v) is 7.21. The first-order valence-electron chi connectivity index (χ1n) is 10.0. The van der Waals surface area contributed by atoms with Crippen molar-refractivity contribution in [2.75, 3.05) is 54.0 Å². The predicted octanol–water partition coefficient (Wildman–Crippen LogP) is 2.60. The van der Waals surface area contributed by atoms with E-state index in [1.807, 2.05) is 32.3 Å². The molecule has 0 saturated carbocycles. The monoisotopic (exact) mass is 518 g/mol. The molecule has 1 aliphatic heterocycles. The van der Waals surface area contributed by atoms with E-state index in [4.69, 9.17) is 14.5 Å². The fourth-order valence-electron chi connectivity index (χ4n) is 3.19. The van der Waals surface area contributed by atoms with Gasteiger partial charge in [0.15, 0.2) is 5.96 Å². The van der Waals surface area contributed by atoms with E-state index >= 15 is 0 Å². The molecule has 1 heterocycles. The Labute approximate surface area is 191 Å². The number of carbonyl (C=O) groups is 1. The Morgan fingerprint density at radius 2 is 1.97 bits per heavy atom. The van der Waals surface area contributed by atoms with E-state index in [2.05, 4.69) is 28.1 Å². The standard InChI is InChI=1S/C21H34N4O3.HI/c1-5-22-21(25-12-10-17(11-13-25)20(26)27-4)23-16-18-8-6-7-9-19(18)28-15-14-24(2)3;/h6-9,17H,5,10-16H2,1-4H3,(H,22,23);1H. The van der Waals surface area contributed by atoms with Crippen molar-refractivity contribution in [1.29, 1.82) is 0 Å². The van der Waals surface area contributed by atoms with Crippen LogP contribution < -0.4 is 10.1 Å². The molecule has 0 aliphatic carbocycles. The van der Waals surface area contributed by atoms with Crippen LogP contribution in [0.15, 0.2) is 29.3 Å². The second-order valence-electron chi connectivity index (χ2n) is 7.21. The number of guanidine groups is 1. The molecule has 1 fully saturated rings. The zero-order valence-electron chi connectivity index (χ0n) is 18.0. The SMILES string of the molecule is CCNC(=NCc1ccccc1OCCN(C)C)N1CCC(C(=O)OC)CC1.I. The summed E-state index contributed by atoms with van der Waals surface area (Å²) in [4.78, 5) is 20.9. The van der Waals surface area contributed by atoms with Crippen LogP contribution in [-0.4, -0.2) is 75.7 Å². The number of hydrogen-bond acceptors (Lipinski definition) is 5. The van der Waals surface area contributed by atoms with Crippen LogP contribution in [0.4, 0.5) is 0 Å². The molecule has 0 radical (unpaired) electrons. The molecule has 0 aromatic heterocycles. The van der Waals surface area contributed by atoms with Crippen LogP contribution in [0.2, 0.25) is 0 Å². The Kier molecular flexibility index (Phi) is 12.0. The predicted molar refractivity (Wildman–Crippen MR) is 127 cm³/mol. The van der Waals surface area contributed by atoms with Gasteiger partial charge in [-0.25, -0.2) is 4.99 Å². The zero-order chi connectivity index (χ0) is 20.4. The minimum absolute atomic E-state index is 0. The van der Waals surface area contributed by atoms with Gasteiger partial charge in [-0.15, -0.1) is 24.0 Å². The maximum atomic E-state index is 11.7. The van der Waals surface area contributed by atoms with Crippen LogP contribution in [-0.2, 0) is 16.1 Å². The first-order valence-corrected chi connectivity index (χ1v) is 10.0. The highest BCUT2D eigenvalue weighted by Gasteiger charge is 2.26. The summed E-state index contributed by atoms with van der Waals surface area (Å²) in [5.41, 5.74) is 1.07. The molecule has 8 heteroatoms. The van der Waals surface area contributed by atoms with Crippen LogP contribution >= 0.6 is 24.0 Å². The summed E-state index contributed by atoms with van der Waals surface area (Å²) in [6.45, 7) is 6.53. The Bertz CT molecular complexity index is 647. The number of nitrogens with zero attached hydrogens (tertiary/aromatic N) is 3. The number of likely N-dealkylation sites (N-methyl/N-ethyl adjacent to an activating group) is 1. The molecular weight excluding hydrogens is 483 g/mol. The van der Waals surface area contributed by atoms with Crippen molar-refractivity contribution < 1.29 is 14.3 Å². The van der Waals surface area contributed by atoms with Crippen molar-refractivity contribution in [2.45, 2.75) is 26.3 Å². The number of ether oxygens (including phenoxy) is 2. The third-order valence-electron chi connectivity index (χ3n) is 4.83. The molecule has 2 rings (SSSR count). The minimum atomic E-state index is -0.106. The number of piperidine rings is 1. The van der Waals surface area contributed by atoms with Gasteiger partial charge in [0, 0.05) is 31.7 Å². The molecule has 0 bridgehead atoms. The van der Waals surface area contributed by atoms with Crippen molar-refractivity contribution in [3.8, 4) is 5.75 Å². The maximum Gasteiger partial charge on any atom is 0.308 e. The number of para-hydroxylation sites is 1. The number of hydrogen-bond donors (Lipinski definition) is 1. The largest absolute Gasteiger partial charge is 0.492 e. The Morgan fingerprint density at radius 1 is 1.28 bits per heavy atom. The quantitative estimate of drug-likeness (QED) is 0.247. The molecule has 1 saturated heterocycles. The number of halogens is 1. The third-order valence-corrected chi connectivity index (χ3v) is 4.83. The Balaban J connectivity index is 0.00000420. The molecule has 0 atom stereocenters. The lowest BCUT2D eigenvalue weighted by atomic mass is 9.97. The average molecular weight is 518 g/mol. The number of esters is 1. The summed E-state index contributed by atoms with van der Waals surface area (Å²) >= 11 is 0. The second kappa shape index (κ2) is 13.6. The van der Waals surface area contributed by atoms with Gasteiger partial charge in [-0.05, 0) is 39.9 Å². The molecular formula is C21H35IN4O3. The van der Waals surface area contributed by atoms with E-state index in [1.165, 1.54) is 7.11 Å². The van der Waals surface area contributed by atoms with Crippen molar-refractivity contribution in [1.82, 2.24) is 15.1 Å². The van der Waals surface area contributed by atoms with Crippen LogP contribution in [0, 0.1) is 5.92 Å². The minimum Gasteiger partial charge on any atom is -0.492 e. The van der Waals surface area contributed by atoms with Crippen LogP contribution in [0.1, 0.15) is 25.3 Å². The molecule has 0 amide bonds. The van der Waals surface area contributed by atoms with Gasteiger partial charge in [-0.3, -0.25) is 4.79 Å². The van der Waals surface area contributed by atoms with E-state index < -0.39 is 0 Å². The van der Waals surface area contributed by atoms with Gasteiger partial charge in [-0.2, -0.15) is 0 Å². The van der Waals surface area contributed by atoms with Crippen LogP contribution in [0.3, 0.4) is 0 Å². The lowest BCUT2D eigenvalue weighted by Crippen LogP contribution is -2.46. The molecule has 29 heavy (non-hydrogen) atoms. The van der Waals surface area contributed by atoms with Gasteiger partial charge in [0.1, 0.15) is 12.4 Å². The molecule has 164 valence electrons. The van der Waals surface area contributed by atoms with Crippen LogP contribution in [0.25, 0.3) is 0 Å². The summed E-state index contributed by atoms with van der Waals surface area (Å²) in [5, 5.41) is 3.37. The van der Waals surface area contributed by atoms with Gasteiger partial charge < -0.3 is 24.6 Å². The fourth-order valence-corrected chi connectivity index (χ4v) is 3.19. The first kappa shape index (κ1) is 25.5. The summed E-state index contributed by atoms with van der Waals surface area (Å²) < 4.78 is 10.8. The highest BCUT2D eigenvalue weighted by molar-refractivity contribution is 14.0. The van der Waals surface area contributed by atoms with E-state index in [9.17, 15) is 4.79 Å². The molecule has 1 aromatic carbocycles. The Hall–Kier alpha value is -1.55. The van der Waals surface area contributed by atoms with E-state index in [-0.39, 0.29) is 35.9 Å². The summed E-state index contributed by atoms with van der Waals surface area (Å²) in [7, 11) is 5.52. The van der Waals surface area contributed by atoms with Crippen molar-refractivity contribution in [3.63, 3.8) is 0 Å². The molecule has 1 aromatic rings. The van der Waals surface area contributed by atoms with E-state index in [0.717, 1.165) is 56.3 Å². The van der Waals surface area contributed by atoms with Gasteiger partial charge in [0.05, 0.1) is 19.6 Å². The molecule has 0 unspecified atom stereocenters. The highest BCUT2D eigenvalue weighted by Crippen LogP contribution is 2.21. The van der Waals surface area contributed by atoms with Crippen molar-refractivity contribution >= 4 is 35.9 Å². The highest BCUT2D eigenvalue weighted by atomic mass is 127. The number of rotatable bonds is 8. The normalized spacial score (nSPS) is 15.1. The third kappa shape index (κ3) is 8.38. The number of carbonyl (C=O) groups excluding carboxylic acids is 1. The van der Waals surface area contributed by atoms with Gasteiger partial charge in [0.25, 0.3) is 0 Å².